The normalized spacial score (nSPS) is 18.4. The molecule has 0 aromatic heterocycles. The number of carboxylic acids is 1. The third-order valence-corrected chi connectivity index (χ3v) is 13.5. The molecule has 2 saturated heterocycles. The van der Waals surface area contributed by atoms with Gasteiger partial charge in [-0.05, 0) is 103 Å². The smallest absolute Gasteiger partial charge is 0.327 e. The molecule has 0 spiro atoms. The van der Waals surface area contributed by atoms with E-state index in [1.807, 2.05) is 0 Å². The quantitative estimate of drug-likeness (QED) is 0.0126. The fourth-order valence-corrected chi connectivity index (χ4v) is 9.02. The van der Waals surface area contributed by atoms with Gasteiger partial charge in [-0.25, -0.2) is 4.79 Å². The maximum atomic E-state index is 14.3. The number of nitrogens with two attached hydrogens (primary N) is 5. The summed E-state index contributed by atoms with van der Waals surface area (Å²) in [5.74, 6) is -8.77. The molecule has 18 N–H and O–H groups in total. The maximum Gasteiger partial charge on any atom is 0.327 e. The Kier molecular flexibility index (Phi) is 29.1. The van der Waals surface area contributed by atoms with Crippen LogP contribution in [0.5, 0.6) is 0 Å². The lowest BCUT2D eigenvalue weighted by Crippen LogP contribution is -2.60. The third kappa shape index (κ3) is 21.3. The predicted octanol–water partition coefficient (Wildman–Crippen LogP) is -5.13. The molecule has 74 heavy (non-hydrogen) atoms. The van der Waals surface area contributed by atoms with Crippen LogP contribution in [0.1, 0.15) is 90.9 Å². The van der Waals surface area contributed by atoms with Crippen LogP contribution >= 0.6 is 37.0 Å². The summed E-state index contributed by atoms with van der Waals surface area (Å²) in [6.07, 6.45) is 3.60. The van der Waals surface area contributed by atoms with Crippen LogP contribution in [-0.2, 0) is 52.7 Å². The predicted molar refractivity (Wildman–Crippen MR) is 282 cm³/mol. The summed E-state index contributed by atoms with van der Waals surface area (Å²) in [6, 6.07) is -11.9. The van der Waals surface area contributed by atoms with Crippen molar-refractivity contribution < 1.29 is 57.8 Å². The van der Waals surface area contributed by atoms with Crippen LogP contribution in [0.4, 0.5) is 0 Å². The van der Waals surface area contributed by atoms with Gasteiger partial charge in [0.2, 0.25) is 59.1 Å². The largest absolute Gasteiger partial charge is 0.480 e. The number of aliphatic carboxylic acids is 1. The van der Waals surface area contributed by atoms with E-state index in [1.54, 1.807) is 6.26 Å². The molecule has 2 heterocycles. The van der Waals surface area contributed by atoms with Gasteiger partial charge in [-0.3, -0.25) is 52.9 Å². The summed E-state index contributed by atoms with van der Waals surface area (Å²) in [5.41, 5.74) is 27.6. The summed E-state index contributed by atoms with van der Waals surface area (Å²) < 4.78 is 0. The van der Waals surface area contributed by atoms with Gasteiger partial charge in [-0.1, -0.05) is 0 Å². The summed E-state index contributed by atoms with van der Waals surface area (Å²) in [7, 11) is 0. The number of nitrogens with zero attached hydrogens (tertiary/aromatic N) is 3. The van der Waals surface area contributed by atoms with Crippen LogP contribution < -0.4 is 65.9 Å². The number of likely N-dealkylation sites (tertiary alicyclic amines) is 2. The molecule has 0 unspecified atom stereocenters. The van der Waals surface area contributed by atoms with Crippen molar-refractivity contribution in [3.05, 3.63) is 0 Å². The van der Waals surface area contributed by atoms with E-state index in [2.05, 4.69) is 67.5 Å². The lowest BCUT2D eigenvalue weighted by molar-refractivity contribution is -0.144. The number of rotatable bonds is 33. The molecule has 0 aromatic carbocycles. The minimum atomic E-state index is -1.44. The Morgan fingerprint density at radius 3 is 1.59 bits per heavy atom. The highest BCUT2D eigenvalue weighted by molar-refractivity contribution is 7.98. The second kappa shape index (κ2) is 33.4. The number of carbonyl (C=O) groups excluding carboxylic acids is 10. The van der Waals surface area contributed by atoms with Crippen LogP contribution in [0.15, 0.2) is 4.99 Å². The SMILES string of the molecule is CSCC[C@H](NC(=O)[C@H](CCC(N)=O)NC(=O)[C@@H]1CCCN1C(=O)[C@H](C)NC(=O)[C@H](CCCCN)NC(=O)[C@H](CS)NC(=O)[C@H](C)N)C(=O)N1CCC[C@H]1C(=O)N[C@@H](CCCN=C(N)N)C(=O)N[C@@H](CS)C(=O)O. The number of nitrogens with one attached hydrogen (secondary N) is 7. The highest BCUT2D eigenvalue weighted by Gasteiger charge is 2.42. The van der Waals surface area contributed by atoms with Gasteiger partial charge in [-0.2, -0.15) is 37.0 Å². The number of carbonyl (C=O) groups is 11. The molecule has 2 aliphatic rings. The van der Waals surface area contributed by atoms with E-state index in [1.165, 1.54) is 35.4 Å². The second-order valence-corrected chi connectivity index (χ2v) is 19.7. The molecular formula is C44H77N15O12S3. The molecule has 10 atom stereocenters. The zero-order valence-electron chi connectivity index (χ0n) is 42.2. The van der Waals surface area contributed by atoms with E-state index in [9.17, 15) is 57.8 Å². The van der Waals surface area contributed by atoms with Gasteiger partial charge in [0.25, 0.3) is 0 Å². The number of amides is 10. The number of primary amides is 1. The fourth-order valence-electron chi connectivity index (χ4n) is 8.05. The number of hydrogen-bond acceptors (Lipinski definition) is 17. The topological polar surface area (TPSA) is 441 Å². The molecule has 0 aromatic rings. The lowest BCUT2D eigenvalue weighted by atomic mass is 10.1. The molecule has 2 fully saturated rings. The molecule has 10 amide bonds. The van der Waals surface area contributed by atoms with Gasteiger partial charge in [0.15, 0.2) is 5.96 Å². The number of carboxylic acid groups (broad SMARTS) is 1. The molecule has 418 valence electrons. The standard InChI is InChI=1S/C44H77N15O12S3/c1-23(46)34(61)56-29(21-72)38(65)52-25(9-4-5-16-45)35(62)51-24(2)41(68)58-18-7-11-31(58)39(66)54-27(13-14-33(47)60)37(64)55-28(15-20-74-3)42(69)59-19-8-12-32(59)40(67)53-26(10-6-17-50-44(48)49)36(63)57-30(22-73)43(70)71/h23-32,72-73H,4-22,45-46H2,1-3H3,(H2,47,60)(H,51,62)(H,52,65)(H,53,67)(H,54,66)(H,55,64)(H,56,61)(H,57,63)(H,70,71)(H4,48,49,50)/t23-,24-,25-,26-,27-,28-,29-,30-,31-,32-/m0/s1. The van der Waals surface area contributed by atoms with Crippen molar-refractivity contribution in [2.24, 2.45) is 33.7 Å². The van der Waals surface area contributed by atoms with Crippen molar-refractivity contribution in [2.45, 2.75) is 151 Å². The van der Waals surface area contributed by atoms with Crippen molar-refractivity contribution in [1.82, 2.24) is 47.0 Å². The number of thioether (sulfide) groups is 1. The Bertz CT molecular complexity index is 2000. The molecule has 2 rings (SSSR count). The number of guanidine groups is 1. The average Bonchev–Trinajstić information content (AvgIpc) is 4.06. The zero-order valence-corrected chi connectivity index (χ0v) is 44.8. The minimum Gasteiger partial charge on any atom is -0.480 e. The minimum absolute atomic E-state index is 0.00416. The van der Waals surface area contributed by atoms with Gasteiger partial charge in [0, 0.05) is 37.6 Å². The van der Waals surface area contributed by atoms with E-state index in [4.69, 9.17) is 28.7 Å². The Morgan fingerprint density at radius 2 is 1.09 bits per heavy atom. The van der Waals surface area contributed by atoms with Crippen LogP contribution in [0, 0.1) is 0 Å². The van der Waals surface area contributed by atoms with E-state index in [0.717, 1.165) is 0 Å². The lowest BCUT2D eigenvalue weighted by Gasteiger charge is -2.31. The number of hydrogen-bond donors (Lipinski definition) is 15. The first-order valence-electron chi connectivity index (χ1n) is 24.5. The van der Waals surface area contributed by atoms with Gasteiger partial charge in [0.1, 0.15) is 54.4 Å². The van der Waals surface area contributed by atoms with Gasteiger partial charge in [-0.15, -0.1) is 0 Å². The number of thiol groups is 2. The Morgan fingerprint density at radius 1 is 0.622 bits per heavy atom. The zero-order chi connectivity index (χ0) is 55.7. The number of unbranched alkanes of at least 4 members (excludes halogenated alkanes) is 1. The van der Waals surface area contributed by atoms with Gasteiger partial charge >= 0.3 is 5.97 Å². The fraction of sp³-hybridized carbons (Fsp3) is 0.727. The molecule has 0 radical (unpaired) electrons. The van der Waals surface area contributed by atoms with Gasteiger partial charge in [0.05, 0.1) is 6.04 Å². The third-order valence-electron chi connectivity index (χ3n) is 12.1. The van der Waals surface area contributed by atoms with E-state index in [0.29, 0.717) is 38.0 Å². The first kappa shape index (κ1) is 64.5. The second-order valence-electron chi connectivity index (χ2n) is 18.0. The van der Waals surface area contributed by atoms with Crippen molar-refractivity contribution in [3.8, 4) is 0 Å². The van der Waals surface area contributed by atoms with Crippen molar-refractivity contribution in [2.75, 3.05) is 49.7 Å². The summed E-state index contributed by atoms with van der Waals surface area (Å²) in [5, 5.41) is 27.5. The molecule has 27 nitrogen and oxygen atoms in total. The molecule has 0 bridgehead atoms. The number of aliphatic imine (C=N–C) groups is 1. The average molecular weight is 1100 g/mol. The van der Waals surface area contributed by atoms with Crippen molar-refractivity contribution in [1.29, 1.82) is 0 Å². The Labute approximate surface area is 445 Å². The Hall–Kier alpha value is -5.59. The highest BCUT2D eigenvalue weighted by atomic mass is 32.2. The highest BCUT2D eigenvalue weighted by Crippen LogP contribution is 2.22. The van der Waals surface area contributed by atoms with E-state index < -0.39 is 125 Å². The van der Waals surface area contributed by atoms with E-state index >= 15 is 0 Å². The van der Waals surface area contributed by atoms with Crippen molar-refractivity contribution >= 4 is 108 Å². The van der Waals surface area contributed by atoms with Crippen LogP contribution in [0.3, 0.4) is 0 Å². The molecule has 30 heteroatoms. The van der Waals surface area contributed by atoms with Crippen LogP contribution in [0.25, 0.3) is 0 Å². The van der Waals surface area contributed by atoms with Crippen LogP contribution in [-0.4, -0.2) is 196 Å². The molecule has 2 aliphatic heterocycles. The monoisotopic (exact) mass is 1100 g/mol. The summed E-state index contributed by atoms with van der Waals surface area (Å²) in [6.45, 7) is 3.46. The summed E-state index contributed by atoms with van der Waals surface area (Å²) in [4.78, 5) is 153. The first-order valence-corrected chi connectivity index (χ1v) is 27.1. The molecule has 0 saturated carbocycles. The maximum absolute atomic E-state index is 14.3. The molecular weight excluding hydrogens is 1030 g/mol. The first-order chi connectivity index (χ1) is 35.0. The summed E-state index contributed by atoms with van der Waals surface area (Å²) >= 11 is 9.51. The van der Waals surface area contributed by atoms with Crippen LogP contribution in [0.2, 0.25) is 0 Å². The van der Waals surface area contributed by atoms with E-state index in [-0.39, 0.29) is 88.5 Å². The molecule has 0 aliphatic carbocycles. The Balaban J connectivity index is 2.29. The van der Waals surface area contributed by atoms with Gasteiger partial charge < -0.3 is 80.8 Å². The van der Waals surface area contributed by atoms with Crippen molar-refractivity contribution in [3.63, 3.8) is 0 Å².